The van der Waals surface area contributed by atoms with E-state index in [4.69, 9.17) is 0 Å². The smallest absolute Gasteiger partial charge is 0.339 e. The normalized spacial score (nSPS) is 11.5. The zero-order valence-electron chi connectivity index (χ0n) is 19.1. The standard InChI is InChI=1S/C22H25F2N5O4S/c1-5-29-14(3)17(13(2)26-29)8-9-28(4)21-18(22(30)31)11-16(12-25-21)27-34(32,33)20-10-15(23)6-7-19(20)24/h6-7,10-12,27H,5,8-9H2,1-4H3,(H,30,31). The van der Waals surface area contributed by atoms with Gasteiger partial charge in [0.1, 0.15) is 27.9 Å². The quantitative estimate of drug-likeness (QED) is 0.469. The average Bonchev–Trinajstić information content (AvgIpc) is 3.05. The third-order valence-electron chi connectivity index (χ3n) is 5.42. The molecule has 0 aliphatic rings. The van der Waals surface area contributed by atoms with E-state index >= 15 is 0 Å². The maximum Gasteiger partial charge on any atom is 0.339 e. The Hall–Kier alpha value is -3.54. The minimum atomic E-state index is -4.52. The fraction of sp³-hybridized carbons (Fsp3) is 0.318. The van der Waals surface area contributed by atoms with Crippen molar-refractivity contribution in [3.05, 3.63) is 64.6 Å². The van der Waals surface area contributed by atoms with Crippen molar-refractivity contribution < 1.29 is 27.1 Å². The molecule has 0 saturated heterocycles. The van der Waals surface area contributed by atoms with E-state index < -0.39 is 32.5 Å². The summed E-state index contributed by atoms with van der Waals surface area (Å²) < 4.78 is 56.4. The van der Waals surface area contributed by atoms with Crippen LogP contribution < -0.4 is 9.62 Å². The molecule has 1 aromatic carbocycles. The van der Waals surface area contributed by atoms with Gasteiger partial charge in [-0.15, -0.1) is 0 Å². The molecular weight excluding hydrogens is 468 g/mol. The van der Waals surface area contributed by atoms with Gasteiger partial charge in [0.2, 0.25) is 0 Å². The van der Waals surface area contributed by atoms with Gasteiger partial charge >= 0.3 is 5.97 Å². The number of likely N-dealkylation sites (N-methyl/N-ethyl adjacent to an activating group) is 1. The second-order valence-electron chi connectivity index (χ2n) is 7.72. The highest BCUT2D eigenvalue weighted by atomic mass is 32.2. The number of sulfonamides is 1. The number of nitrogens with zero attached hydrogens (tertiary/aromatic N) is 4. The number of aryl methyl sites for hydroxylation is 2. The van der Waals surface area contributed by atoms with Crippen LogP contribution in [0.2, 0.25) is 0 Å². The van der Waals surface area contributed by atoms with E-state index in [1.165, 1.54) is 0 Å². The number of nitrogens with one attached hydrogen (secondary N) is 1. The average molecular weight is 494 g/mol. The molecule has 0 spiro atoms. The van der Waals surface area contributed by atoms with Crippen molar-refractivity contribution in [2.75, 3.05) is 23.2 Å². The first-order valence-corrected chi connectivity index (χ1v) is 11.9. The highest BCUT2D eigenvalue weighted by molar-refractivity contribution is 7.92. The fourth-order valence-electron chi connectivity index (χ4n) is 3.66. The maximum atomic E-state index is 13.9. The van der Waals surface area contributed by atoms with E-state index in [9.17, 15) is 27.1 Å². The van der Waals surface area contributed by atoms with Gasteiger partial charge in [0.25, 0.3) is 10.0 Å². The molecule has 34 heavy (non-hydrogen) atoms. The van der Waals surface area contributed by atoms with Crippen molar-refractivity contribution in [3.63, 3.8) is 0 Å². The van der Waals surface area contributed by atoms with Gasteiger partial charge in [0, 0.05) is 25.8 Å². The minimum Gasteiger partial charge on any atom is -0.478 e. The van der Waals surface area contributed by atoms with Crippen LogP contribution >= 0.6 is 0 Å². The Labute approximate surface area is 196 Å². The predicted molar refractivity (Wildman–Crippen MR) is 123 cm³/mol. The van der Waals surface area contributed by atoms with Crippen LogP contribution in [0, 0.1) is 25.5 Å². The molecule has 0 atom stereocenters. The number of aromatic nitrogens is 3. The third kappa shape index (κ3) is 5.16. The number of hydrogen-bond acceptors (Lipinski definition) is 6. The Morgan fingerprint density at radius 1 is 1.24 bits per heavy atom. The van der Waals surface area contributed by atoms with Crippen molar-refractivity contribution in [1.29, 1.82) is 0 Å². The first kappa shape index (κ1) is 25.1. The Morgan fingerprint density at radius 3 is 2.56 bits per heavy atom. The highest BCUT2D eigenvalue weighted by Gasteiger charge is 2.23. The van der Waals surface area contributed by atoms with Crippen LogP contribution in [0.25, 0.3) is 0 Å². The van der Waals surface area contributed by atoms with E-state index in [-0.39, 0.29) is 17.1 Å². The van der Waals surface area contributed by atoms with E-state index in [2.05, 4.69) is 14.8 Å². The van der Waals surface area contributed by atoms with E-state index in [1.807, 2.05) is 25.5 Å². The van der Waals surface area contributed by atoms with Crippen LogP contribution in [0.5, 0.6) is 0 Å². The predicted octanol–water partition coefficient (Wildman–Crippen LogP) is 3.37. The monoisotopic (exact) mass is 493 g/mol. The number of pyridine rings is 1. The van der Waals surface area contributed by atoms with Gasteiger partial charge in [-0.25, -0.2) is 27.0 Å². The summed E-state index contributed by atoms with van der Waals surface area (Å²) in [4.78, 5) is 16.7. The fourth-order valence-corrected chi connectivity index (χ4v) is 4.78. The summed E-state index contributed by atoms with van der Waals surface area (Å²) in [6, 6.07) is 3.10. The molecule has 0 unspecified atom stereocenters. The summed E-state index contributed by atoms with van der Waals surface area (Å²) in [6.45, 7) is 7.06. The summed E-state index contributed by atoms with van der Waals surface area (Å²) >= 11 is 0. The number of carboxylic acid groups (broad SMARTS) is 1. The molecule has 182 valence electrons. The Morgan fingerprint density at radius 2 is 1.94 bits per heavy atom. The van der Waals surface area contributed by atoms with E-state index in [1.54, 1.807) is 11.9 Å². The first-order chi connectivity index (χ1) is 15.9. The highest BCUT2D eigenvalue weighted by Crippen LogP contribution is 2.25. The van der Waals surface area contributed by atoms with Gasteiger partial charge in [-0.3, -0.25) is 9.40 Å². The molecule has 0 aliphatic carbocycles. The molecule has 0 bridgehead atoms. The molecule has 9 nitrogen and oxygen atoms in total. The van der Waals surface area contributed by atoms with E-state index in [0.717, 1.165) is 41.8 Å². The lowest BCUT2D eigenvalue weighted by atomic mass is 10.1. The number of halogens is 2. The Balaban J connectivity index is 1.85. The SMILES string of the molecule is CCn1nc(C)c(CCN(C)c2ncc(NS(=O)(=O)c3cc(F)ccc3F)cc2C(=O)O)c1C. The van der Waals surface area contributed by atoms with Crippen molar-refractivity contribution in [3.8, 4) is 0 Å². The Bertz CT molecular complexity index is 1340. The van der Waals surface area contributed by atoms with Crippen LogP contribution in [0.4, 0.5) is 20.3 Å². The lowest BCUT2D eigenvalue weighted by Gasteiger charge is -2.21. The number of rotatable bonds is 9. The number of carboxylic acids is 1. The molecule has 0 amide bonds. The molecule has 0 fully saturated rings. The Kier molecular flexibility index (Phi) is 7.20. The topological polar surface area (TPSA) is 117 Å². The number of anilines is 2. The molecule has 0 aliphatic heterocycles. The minimum absolute atomic E-state index is 0.130. The molecule has 0 saturated carbocycles. The van der Waals surface area contributed by atoms with Gasteiger partial charge in [-0.2, -0.15) is 5.10 Å². The van der Waals surface area contributed by atoms with Crippen LogP contribution in [0.15, 0.2) is 35.4 Å². The summed E-state index contributed by atoms with van der Waals surface area (Å²) in [5, 5.41) is 14.2. The second kappa shape index (κ2) is 9.75. The van der Waals surface area contributed by atoms with Crippen molar-refractivity contribution in [2.45, 2.75) is 38.6 Å². The number of carbonyl (C=O) groups is 1. The summed E-state index contributed by atoms with van der Waals surface area (Å²) in [5.74, 6) is -3.27. The van der Waals surface area contributed by atoms with Crippen molar-refractivity contribution in [2.24, 2.45) is 0 Å². The summed E-state index contributed by atoms with van der Waals surface area (Å²) in [6.07, 6.45) is 1.72. The number of hydrogen-bond donors (Lipinski definition) is 2. The third-order valence-corrected chi connectivity index (χ3v) is 6.82. The zero-order valence-corrected chi connectivity index (χ0v) is 19.9. The van der Waals surface area contributed by atoms with Gasteiger partial charge in [0.15, 0.2) is 0 Å². The van der Waals surface area contributed by atoms with Gasteiger partial charge in [0.05, 0.1) is 17.6 Å². The molecule has 2 N–H and O–H groups in total. The maximum absolute atomic E-state index is 13.9. The molecule has 2 aromatic heterocycles. The molecule has 3 aromatic rings. The molecule has 2 heterocycles. The molecule has 12 heteroatoms. The van der Waals surface area contributed by atoms with Crippen LogP contribution in [-0.4, -0.2) is 47.9 Å². The zero-order chi connectivity index (χ0) is 25.2. The largest absolute Gasteiger partial charge is 0.478 e. The summed E-state index contributed by atoms with van der Waals surface area (Å²) in [5.41, 5.74) is 2.55. The van der Waals surface area contributed by atoms with Gasteiger partial charge < -0.3 is 10.0 Å². The first-order valence-electron chi connectivity index (χ1n) is 10.4. The van der Waals surface area contributed by atoms with Gasteiger partial charge in [-0.05, 0) is 57.0 Å². The van der Waals surface area contributed by atoms with Crippen LogP contribution in [0.1, 0.15) is 34.2 Å². The molecule has 0 radical (unpaired) electrons. The second-order valence-corrected chi connectivity index (χ2v) is 9.37. The van der Waals surface area contributed by atoms with Crippen LogP contribution in [0.3, 0.4) is 0 Å². The van der Waals surface area contributed by atoms with Crippen molar-refractivity contribution in [1.82, 2.24) is 14.8 Å². The van der Waals surface area contributed by atoms with E-state index in [0.29, 0.717) is 25.1 Å². The lowest BCUT2D eigenvalue weighted by Crippen LogP contribution is -2.24. The van der Waals surface area contributed by atoms with Gasteiger partial charge in [-0.1, -0.05) is 0 Å². The number of benzene rings is 1. The number of aromatic carboxylic acids is 1. The molecule has 3 rings (SSSR count). The van der Waals surface area contributed by atoms with Crippen LogP contribution in [-0.2, 0) is 23.0 Å². The molecular formula is C22H25F2N5O4S. The lowest BCUT2D eigenvalue weighted by molar-refractivity contribution is 0.0697. The van der Waals surface area contributed by atoms with Crippen molar-refractivity contribution >= 4 is 27.5 Å². The summed E-state index contributed by atoms with van der Waals surface area (Å²) in [7, 11) is -2.84.